The minimum Gasteiger partial charge on any atom is -0.351 e. The van der Waals surface area contributed by atoms with E-state index < -0.39 is 10.0 Å². The van der Waals surface area contributed by atoms with Gasteiger partial charge in [0.2, 0.25) is 10.0 Å². The molecule has 1 amide bonds. The Morgan fingerprint density at radius 1 is 1.20 bits per heavy atom. The molecule has 0 radical (unpaired) electrons. The Labute approximate surface area is 151 Å². The monoisotopic (exact) mass is 368 g/mol. The van der Waals surface area contributed by atoms with Gasteiger partial charge >= 0.3 is 0 Å². The van der Waals surface area contributed by atoms with Crippen LogP contribution in [0.2, 0.25) is 0 Å². The SMILES string of the molecule is Cc1ccc(S(=O)(=O)N2CC[NH+](CC(=O)NCC(C)C)CC2)cc1C. The van der Waals surface area contributed by atoms with E-state index in [1.165, 1.54) is 4.31 Å². The van der Waals surface area contributed by atoms with Gasteiger partial charge in [0, 0.05) is 6.54 Å². The van der Waals surface area contributed by atoms with E-state index in [4.69, 9.17) is 0 Å². The number of piperazine rings is 1. The average Bonchev–Trinajstić information content (AvgIpc) is 2.56. The summed E-state index contributed by atoms with van der Waals surface area (Å²) < 4.78 is 27.1. The van der Waals surface area contributed by atoms with Crippen LogP contribution < -0.4 is 10.2 Å². The van der Waals surface area contributed by atoms with E-state index >= 15 is 0 Å². The first kappa shape index (κ1) is 19.9. The van der Waals surface area contributed by atoms with Crippen LogP contribution in [0.25, 0.3) is 0 Å². The Balaban J connectivity index is 1.92. The molecule has 2 rings (SSSR count). The number of sulfonamides is 1. The molecule has 0 aromatic heterocycles. The van der Waals surface area contributed by atoms with E-state index in [0.29, 0.717) is 50.1 Å². The fourth-order valence-electron chi connectivity index (χ4n) is 2.85. The van der Waals surface area contributed by atoms with Gasteiger partial charge in [-0.3, -0.25) is 4.79 Å². The molecule has 0 saturated carbocycles. The van der Waals surface area contributed by atoms with E-state index in [2.05, 4.69) is 19.2 Å². The van der Waals surface area contributed by atoms with Crippen LogP contribution in [-0.4, -0.2) is 57.9 Å². The molecule has 0 aliphatic carbocycles. The summed E-state index contributed by atoms with van der Waals surface area (Å²) in [5.74, 6) is 0.466. The molecule has 1 fully saturated rings. The number of hydrogen-bond donors (Lipinski definition) is 2. The lowest BCUT2D eigenvalue weighted by atomic mass is 10.1. The molecule has 140 valence electrons. The molecule has 1 saturated heterocycles. The maximum Gasteiger partial charge on any atom is 0.275 e. The standard InChI is InChI=1S/C18H29N3O3S/c1-14(2)12-19-18(22)13-20-7-9-21(10-8-20)25(23,24)17-6-5-15(3)16(4)11-17/h5-6,11,14H,7-10,12-13H2,1-4H3,(H,19,22)/p+1. The van der Waals surface area contributed by atoms with Crippen LogP contribution in [0.3, 0.4) is 0 Å². The zero-order valence-electron chi connectivity index (χ0n) is 15.6. The molecule has 6 nitrogen and oxygen atoms in total. The Hall–Kier alpha value is -1.44. The number of carbonyl (C=O) groups excluding carboxylic acids is 1. The first-order chi connectivity index (χ1) is 11.7. The van der Waals surface area contributed by atoms with Crippen molar-refractivity contribution in [3.05, 3.63) is 29.3 Å². The van der Waals surface area contributed by atoms with Gasteiger partial charge in [-0.15, -0.1) is 0 Å². The zero-order chi connectivity index (χ0) is 18.6. The van der Waals surface area contributed by atoms with Gasteiger partial charge in [-0.2, -0.15) is 4.31 Å². The number of benzene rings is 1. The third-order valence-corrected chi connectivity index (χ3v) is 6.56. The number of hydrogen-bond acceptors (Lipinski definition) is 3. The Morgan fingerprint density at radius 2 is 1.84 bits per heavy atom. The Kier molecular flexibility index (Phi) is 6.59. The number of carbonyl (C=O) groups is 1. The number of aryl methyl sites for hydroxylation is 2. The predicted molar refractivity (Wildman–Crippen MR) is 98.1 cm³/mol. The highest BCUT2D eigenvalue weighted by molar-refractivity contribution is 7.89. The average molecular weight is 369 g/mol. The van der Waals surface area contributed by atoms with Crippen molar-refractivity contribution in [1.82, 2.24) is 9.62 Å². The van der Waals surface area contributed by atoms with Gasteiger partial charge in [0.05, 0.1) is 31.1 Å². The summed E-state index contributed by atoms with van der Waals surface area (Å²) in [6.07, 6.45) is 0. The Morgan fingerprint density at radius 3 is 2.40 bits per heavy atom. The maximum absolute atomic E-state index is 12.8. The van der Waals surface area contributed by atoms with Gasteiger partial charge in [-0.05, 0) is 43.0 Å². The van der Waals surface area contributed by atoms with Gasteiger partial charge in [0.1, 0.15) is 0 Å². The van der Waals surface area contributed by atoms with E-state index in [0.717, 1.165) is 16.0 Å². The molecule has 1 aliphatic rings. The van der Waals surface area contributed by atoms with Crippen molar-refractivity contribution >= 4 is 15.9 Å². The summed E-state index contributed by atoms with van der Waals surface area (Å²) >= 11 is 0. The van der Waals surface area contributed by atoms with E-state index in [1.54, 1.807) is 12.1 Å². The highest BCUT2D eigenvalue weighted by Crippen LogP contribution is 2.19. The van der Waals surface area contributed by atoms with Crippen LogP contribution in [0, 0.1) is 19.8 Å². The van der Waals surface area contributed by atoms with E-state index in [1.807, 2.05) is 19.9 Å². The molecule has 1 aromatic carbocycles. The minimum absolute atomic E-state index is 0.0363. The van der Waals surface area contributed by atoms with Gasteiger partial charge in [0.15, 0.2) is 6.54 Å². The smallest absolute Gasteiger partial charge is 0.275 e. The van der Waals surface area contributed by atoms with Crippen LogP contribution in [0.15, 0.2) is 23.1 Å². The fraction of sp³-hybridized carbons (Fsp3) is 0.611. The summed E-state index contributed by atoms with van der Waals surface area (Å²) in [7, 11) is -3.46. The van der Waals surface area contributed by atoms with E-state index in [9.17, 15) is 13.2 Å². The summed E-state index contributed by atoms with van der Waals surface area (Å²) in [6, 6.07) is 5.27. The van der Waals surface area contributed by atoms with Gasteiger partial charge < -0.3 is 10.2 Å². The third-order valence-electron chi connectivity index (χ3n) is 4.66. The second kappa shape index (κ2) is 8.29. The molecule has 7 heteroatoms. The second-order valence-corrected chi connectivity index (χ2v) is 9.21. The topological polar surface area (TPSA) is 70.9 Å². The number of quaternary nitrogens is 1. The molecule has 1 aromatic rings. The summed E-state index contributed by atoms with van der Waals surface area (Å²) in [4.78, 5) is 13.4. The zero-order valence-corrected chi connectivity index (χ0v) is 16.4. The lowest BCUT2D eigenvalue weighted by Crippen LogP contribution is -3.15. The Bertz CT molecular complexity index is 708. The number of nitrogens with one attached hydrogen (secondary N) is 2. The molecule has 0 atom stereocenters. The lowest BCUT2D eigenvalue weighted by molar-refractivity contribution is -0.895. The van der Waals surface area contributed by atoms with Gasteiger partial charge in [-0.1, -0.05) is 19.9 Å². The van der Waals surface area contributed by atoms with Crippen molar-refractivity contribution in [2.75, 3.05) is 39.3 Å². The molecule has 0 bridgehead atoms. The molecule has 1 aliphatic heterocycles. The van der Waals surface area contributed by atoms with E-state index in [-0.39, 0.29) is 5.91 Å². The summed E-state index contributed by atoms with van der Waals surface area (Å²) in [5.41, 5.74) is 2.06. The third kappa shape index (κ3) is 5.26. The maximum atomic E-state index is 12.8. The van der Waals surface area contributed by atoms with Crippen molar-refractivity contribution in [2.24, 2.45) is 5.92 Å². The van der Waals surface area contributed by atoms with Crippen molar-refractivity contribution in [2.45, 2.75) is 32.6 Å². The fourth-order valence-corrected chi connectivity index (χ4v) is 4.38. The molecular formula is C18H30N3O3S+. The van der Waals surface area contributed by atoms with Crippen molar-refractivity contribution in [3.63, 3.8) is 0 Å². The van der Waals surface area contributed by atoms with Crippen LogP contribution >= 0.6 is 0 Å². The molecule has 0 unspecified atom stereocenters. The first-order valence-electron chi connectivity index (χ1n) is 8.88. The van der Waals surface area contributed by atoms with Crippen molar-refractivity contribution in [3.8, 4) is 0 Å². The molecule has 25 heavy (non-hydrogen) atoms. The number of rotatable bonds is 6. The van der Waals surface area contributed by atoms with Gasteiger partial charge in [-0.25, -0.2) is 8.42 Å². The number of amides is 1. The summed E-state index contributed by atoms with van der Waals surface area (Å²) in [6.45, 7) is 11.3. The first-order valence-corrected chi connectivity index (χ1v) is 10.3. The van der Waals surface area contributed by atoms with Crippen LogP contribution in [-0.2, 0) is 14.8 Å². The quantitative estimate of drug-likeness (QED) is 0.741. The lowest BCUT2D eigenvalue weighted by Gasteiger charge is -2.31. The largest absolute Gasteiger partial charge is 0.351 e. The molecule has 0 spiro atoms. The normalized spacial score (nSPS) is 17.0. The highest BCUT2D eigenvalue weighted by atomic mass is 32.2. The molecule has 1 heterocycles. The molecule has 2 N–H and O–H groups in total. The summed E-state index contributed by atoms with van der Waals surface area (Å²) in [5, 5.41) is 2.92. The highest BCUT2D eigenvalue weighted by Gasteiger charge is 2.31. The second-order valence-electron chi connectivity index (χ2n) is 7.27. The van der Waals surface area contributed by atoms with Crippen molar-refractivity contribution < 1.29 is 18.1 Å². The minimum atomic E-state index is -3.46. The van der Waals surface area contributed by atoms with Crippen LogP contribution in [0.5, 0.6) is 0 Å². The predicted octanol–water partition coefficient (Wildman–Crippen LogP) is -0.0352. The van der Waals surface area contributed by atoms with Crippen LogP contribution in [0.1, 0.15) is 25.0 Å². The number of nitrogens with zero attached hydrogens (tertiary/aromatic N) is 1. The van der Waals surface area contributed by atoms with Gasteiger partial charge in [0.25, 0.3) is 5.91 Å². The van der Waals surface area contributed by atoms with Crippen molar-refractivity contribution in [1.29, 1.82) is 0 Å². The van der Waals surface area contributed by atoms with Crippen LogP contribution in [0.4, 0.5) is 0 Å². The molecular weight excluding hydrogens is 338 g/mol.